The summed E-state index contributed by atoms with van der Waals surface area (Å²) in [6.07, 6.45) is 2.15. The van der Waals surface area contributed by atoms with Gasteiger partial charge in [0, 0.05) is 18.8 Å². The summed E-state index contributed by atoms with van der Waals surface area (Å²) in [5, 5.41) is 12.4. The number of hydrogen-bond donors (Lipinski definition) is 2. The molecule has 5 nitrogen and oxygen atoms in total. The molecule has 0 aromatic carbocycles. The molecule has 2 N–H and O–H groups in total. The number of ether oxygens (including phenoxy) is 1. The molecule has 0 amide bonds. The van der Waals surface area contributed by atoms with Crippen LogP contribution in [0.25, 0.3) is 0 Å². The number of aromatic nitrogens is 1. The summed E-state index contributed by atoms with van der Waals surface area (Å²) in [5.74, 6) is -0.944. The molecule has 0 bridgehead atoms. The van der Waals surface area contributed by atoms with Gasteiger partial charge in [0.05, 0.1) is 17.5 Å². The quantitative estimate of drug-likeness (QED) is 0.716. The van der Waals surface area contributed by atoms with Gasteiger partial charge in [0.1, 0.15) is 5.56 Å². The maximum absolute atomic E-state index is 11.3. The van der Waals surface area contributed by atoms with Crippen molar-refractivity contribution in [3.8, 4) is 0 Å². The van der Waals surface area contributed by atoms with Gasteiger partial charge in [-0.2, -0.15) is 0 Å². The van der Waals surface area contributed by atoms with Crippen LogP contribution in [-0.2, 0) is 4.74 Å². The van der Waals surface area contributed by atoms with Gasteiger partial charge in [0.25, 0.3) is 0 Å². The monoisotopic (exact) mass is 280 g/mol. The molecular formula is C15H24N2O3. The van der Waals surface area contributed by atoms with Crippen molar-refractivity contribution in [2.45, 2.75) is 46.6 Å². The minimum absolute atomic E-state index is 0.257. The molecule has 1 heterocycles. The first-order valence-corrected chi connectivity index (χ1v) is 6.98. The van der Waals surface area contributed by atoms with Crippen molar-refractivity contribution in [2.75, 3.05) is 18.5 Å². The molecule has 5 heteroatoms. The van der Waals surface area contributed by atoms with Gasteiger partial charge in [-0.05, 0) is 46.6 Å². The molecule has 0 radical (unpaired) electrons. The predicted molar refractivity (Wildman–Crippen MR) is 79.5 cm³/mol. The topological polar surface area (TPSA) is 71.5 Å². The highest BCUT2D eigenvalue weighted by molar-refractivity contribution is 5.95. The Bertz CT molecular complexity index is 459. The molecule has 0 aliphatic carbocycles. The standard InChI is InChI=1S/C15H24N2O3/c1-10(2)20-8-6-5-7-16-13-9-11(3)17-12(4)14(13)15(18)19/h9-10H,5-8H2,1-4H3,(H,16,17)(H,18,19). The Morgan fingerprint density at radius 1 is 1.40 bits per heavy atom. The van der Waals surface area contributed by atoms with Crippen molar-refractivity contribution in [1.29, 1.82) is 0 Å². The van der Waals surface area contributed by atoms with Crippen LogP contribution in [0.5, 0.6) is 0 Å². The highest BCUT2D eigenvalue weighted by atomic mass is 16.5. The van der Waals surface area contributed by atoms with E-state index in [1.165, 1.54) is 0 Å². The van der Waals surface area contributed by atoms with Crippen LogP contribution in [0, 0.1) is 13.8 Å². The van der Waals surface area contributed by atoms with Gasteiger partial charge >= 0.3 is 5.97 Å². The molecule has 1 rings (SSSR count). The fourth-order valence-corrected chi connectivity index (χ4v) is 2.01. The van der Waals surface area contributed by atoms with E-state index < -0.39 is 5.97 Å². The maximum Gasteiger partial charge on any atom is 0.339 e. The number of hydrogen-bond acceptors (Lipinski definition) is 4. The number of carboxylic acids is 1. The fourth-order valence-electron chi connectivity index (χ4n) is 2.01. The summed E-state index contributed by atoms with van der Waals surface area (Å²) >= 11 is 0. The molecule has 0 aliphatic rings. The lowest BCUT2D eigenvalue weighted by atomic mass is 10.1. The molecule has 20 heavy (non-hydrogen) atoms. The van der Waals surface area contributed by atoms with E-state index >= 15 is 0 Å². The minimum Gasteiger partial charge on any atom is -0.478 e. The number of aryl methyl sites for hydroxylation is 2. The second-order valence-corrected chi connectivity index (χ2v) is 5.13. The van der Waals surface area contributed by atoms with Gasteiger partial charge in [0.15, 0.2) is 0 Å². The van der Waals surface area contributed by atoms with Crippen LogP contribution >= 0.6 is 0 Å². The Kier molecular flexibility index (Phi) is 6.45. The molecule has 0 saturated carbocycles. The molecular weight excluding hydrogens is 256 g/mol. The van der Waals surface area contributed by atoms with Crippen LogP contribution in [0.3, 0.4) is 0 Å². The lowest BCUT2D eigenvalue weighted by Gasteiger charge is -2.12. The predicted octanol–water partition coefficient (Wildman–Crippen LogP) is 3.01. The third-order valence-electron chi connectivity index (χ3n) is 2.88. The smallest absolute Gasteiger partial charge is 0.339 e. The number of unbranched alkanes of at least 4 members (excludes halogenated alkanes) is 1. The van der Waals surface area contributed by atoms with E-state index in [0.29, 0.717) is 11.4 Å². The van der Waals surface area contributed by atoms with Crippen LogP contribution < -0.4 is 5.32 Å². The molecule has 1 aromatic heterocycles. The van der Waals surface area contributed by atoms with E-state index in [0.717, 1.165) is 31.7 Å². The number of pyridine rings is 1. The van der Waals surface area contributed by atoms with Crippen LogP contribution in [0.4, 0.5) is 5.69 Å². The van der Waals surface area contributed by atoms with Crippen molar-refractivity contribution >= 4 is 11.7 Å². The van der Waals surface area contributed by atoms with E-state index in [2.05, 4.69) is 10.3 Å². The Balaban J connectivity index is 2.53. The Morgan fingerprint density at radius 3 is 2.70 bits per heavy atom. The molecule has 0 aliphatic heterocycles. The Hall–Kier alpha value is -1.62. The molecule has 0 unspecified atom stereocenters. The number of aromatic carboxylic acids is 1. The molecule has 112 valence electrons. The third kappa shape index (κ3) is 5.17. The highest BCUT2D eigenvalue weighted by Crippen LogP contribution is 2.19. The highest BCUT2D eigenvalue weighted by Gasteiger charge is 2.14. The zero-order valence-corrected chi connectivity index (χ0v) is 12.7. The van der Waals surface area contributed by atoms with Crippen LogP contribution in [-0.4, -0.2) is 35.3 Å². The van der Waals surface area contributed by atoms with Crippen molar-refractivity contribution in [3.05, 3.63) is 23.0 Å². The maximum atomic E-state index is 11.3. The van der Waals surface area contributed by atoms with Crippen molar-refractivity contribution in [2.24, 2.45) is 0 Å². The van der Waals surface area contributed by atoms with Crippen LogP contribution in [0.15, 0.2) is 6.07 Å². The van der Waals surface area contributed by atoms with Gasteiger partial charge in [-0.1, -0.05) is 0 Å². The molecule has 0 spiro atoms. The average Bonchev–Trinajstić information content (AvgIpc) is 2.31. The van der Waals surface area contributed by atoms with E-state index in [1.54, 1.807) is 13.0 Å². The van der Waals surface area contributed by atoms with E-state index in [4.69, 9.17) is 4.74 Å². The molecule has 1 aromatic rings. The second kappa shape index (κ2) is 7.85. The normalized spacial score (nSPS) is 10.8. The summed E-state index contributed by atoms with van der Waals surface area (Å²) in [7, 11) is 0. The number of carboxylic acid groups (broad SMARTS) is 1. The first kappa shape index (κ1) is 16.4. The Morgan fingerprint density at radius 2 is 2.10 bits per heavy atom. The first-order valence-electron chi connectivity index (χ1n) is 6.98. The first-order chi connectivity index (χ1) is 9.41. The van der Waals surface area contributed by atoms with Gasteiger partial charge in [-0.15, -0.1) is 0 Å². The average molecular weight is 280 g/mol. The zero-order valence-electron chi connectivity index (χ0n) is 12.7. The van der Waals surface area contributed by atoms with Crippen molar-refractivity contribution in [1.82, 2.24) is 4.98 Å². The molecule has 0 atom stereocenters. The fraction of sp³-hybridized carbons (Fsp3) is 0.600. The lowest BCUT2D eigenvalue weighted by molar-refractivity contribution is 0.0696. The van der Waals surface area contributed by atoms with E-state index in [-0.39, 0.29) is 11.7 Å². The number of nitrogens with zero attached hydrogens (tertiary/aromatic N) is 1. The molecule has 0 saturated heterocycles. The minimum atomic E-state index is -0.944. The van der Waals surface area contributed by atoms with Gasteiger partial charge in [0.2, 0.25) is 0 Å². The SMILES string of the molecule is Cc1cc(NCCCCOC(C)C)c(C(=O)O)c(C)n1. The van der Waals surface area contributed by atoms with Crippen molar-refractivity contribution in [3.63, 3.8) is 0 Å². The summed E-state index contributed by atoms with van der Waals surface area (Å²) in [6, 6.07) is 1.78. The number of rotatable bonds is 8. The van der Waals surface area contributed by atoms with Crippen LogP contribution in [0.1, 0.15) is 48.4 Å². The van der Waals surface area contributed by atoms with Gasteiger partial charge in [-0.3, -0.25) is 4.98 Å². The second-order valence-electron chi connectivity index (χ2n) is 5.13. The summed E-state index contributed by atoms with van der Waals surface area (Å²) in [4.78, 5) is 15.5. The summed E-state index contributed by atoms with van der Waals surface area (Å²) in [6.45, 7) is 9.07. The van der Waals surface area contributed by atoms with Gasteiger partial charge in [-0.25, -0.2) is 4.79 Å². The summed E-state index contributed by atoms with van der Waals surface area (Å²) in [5.41, 5.74) is 2.27. The van der Waals surface area contributed by atoms with Crippen molar-refractivity contribution < 1.29 is 14.6 Å². The zero-order chi connectivity index (χ0) is 15.1. The third-order valence-corrected chi connectivity index (χ3v) is 2.88. The van der Waals surface area contributed by atoms with Crippen LogP contribution in [0.2, 0.25) is 0 Å². The largest absolute Gasteiger partial charge is 0.478 e. The number of carbonyl (C=O) groups is 1. The van der Waals surface area contributed by atoms with E-state index in [1.807, 2.05) is 20.8 Å². The molecule has 0 fully saturated rings. The van der Waals surface area contributed by atoms with Gasteiger partial charge < -0.3 is 15.2 Å². The summed E-state index contributed by atoms with van der Waals surface area (Å²) < 4.78 is 5.46. The number of anilines is 1. The lowest BCUT2D eigenvalue weighted by Crippen LogP contribution is -2.12. The number of nitrogens with one attached hydrogen (secondary N) is 1. The Labute approximate surface area is 120 Å². The van der Waals surface area contributed by atoms with E-state index in [9.17, 15) is 9.90 Å².